The molecule has 2 heterocycles. The Morgan fingerprint density at radius 1 is 0.963 bits per heavy atom. The van der Waals surface area contributed by atoms with Crippen LogP contribution in [0.1, 0.15) is 11.1 Å². The summed E-state index contributed by atoms with van der Waals surface area (Å²) in [6, 6.07) is 13.4. The topological polar surface area (TPSA) is 47.2 Å². The Kier molecular flexibility index (Phi) is 4.28. The molecule has 0 saturated carbocycles. The van der Waals surface area contributed by atoms with Crippen LogP contribution in [0.5, 0.6) is 0 Å². The highest BCUT2D eigenvalue weighted by Crippen LogP contribution is 2.36. The lowest BCUT2D eigenvalue weighted by molar-refractivity contribution is -0.113. The second kappa shape index (κ2) is 6.51. The first-order valence-corrected chi connectivity index (χ1v) is 9.59. The highest BCUT2D eigenvalue weighted by atomic mass is 32.2. The first-order valence-electron chi connectivity index (χ1n) is 8.37. The Labute approximate surface area is 165 Å². The molecule has 27 heavy (non-hydrogen) atoms. The second-order valence-electron chi connectivity index (χ2n) is 6.50. The van der Waals surface area contributed by atoms with Gasteiger partial charge in [0.15, 0.2) is 4.32 Å². The van der Waals surface area contributed by atoms with Crippen LogP contribution in [0, 0.1) is 6.92 Å². The molecule has 1 saturated heterocycles. The van der Waals surface area contributed by atoms with E-state index in [1.54, 1.807) is 28.1 Å². The lowest BCUT2D eigenvalue weighted by Crippen LogP contribution is -2.27. The summed E-state index contributed by atoms with van der Waals surface area (Å²) in [4.78, 5) is 27.1. The smallest absolute Gasteiger partial charge is 0.295 e. The van der Waals surface area contributed by atoms with Crippen molar-refractivity contribution in [3.63, 3.8) is 0 Å². The fraction of sp³-hybridized carbons (Fsp3) is 0.150. The molecular weight excluding hydrogens is 378 g/mol. The largest absolute Gasteiger partial charge is 0.328 e. The van der Waals surface area contributed by atoms with E-state index in [1.165, 1.54) is 11.8 Å². The van der Waals surface area contributed by atoms with Gasteiger partial charge in [0.2, 0.25) is 0 Å². The van der Waals surface area contributed by atoms with Crippen molar-refractivity contribution in [1.29, 1.82) is 0 Å². The first-order chi connectivity index (χ1) is 12.9. The molecule has 0 bridgehead atoms. The van der Waals surface area contributed by atoms with Gasteiger partial charge in [0, 0.05) is 14.1 Å². The summed E-state index contributed by atoms with van der Waals surface area (Å²) in [6.45, 7) is 2.00. The summed E-state index contributed by atoms with van der Waals surface area (Å²) in [6.07, 6.45) is 1.82. The molecular formula is C20H17N3O2S2. The number of carbonyl (C=O) groups is 1. The van der Waals surface area contributed by atoms with Crippen LogP contribution >= 0.6 is 24.0 Å². The summed E-state index contributed by atoms with van der Waals surface area (Å²) < 4.78 is 3.73. The highest BCUT2D eigenvalue weighted by molar-refractivity contribution is 8.27. The number of nitrogens with zero attached hydrogens (tertiary/aromatic N) is 3. The molecule has 136 valence electrons. The number of imidazole rings is 1. The second-order valence-corrected chi connectivity index (χ2v) is 8.18. The SMILES string of the molecule is Cc1ccc(N2C(=O)/C(=C/c3ccc4c(c3)n(C)c(=O)n4C)SC2=S)cc1. The third kappa shape index (κ3) is 2.93. The molecule has 7 heteroatoms. The van der Waals surface area contributed by atoms with E-state index in [1.807, 2.05) is 55.5 Å². The zero-order valence-corrected chi connectivity index (χ0v) is 16.7. The molecule has 0 N–H and O–H groups in total. The van der Waals surface area contributed by atoms with Gasteiger partial charge in [-0.3, -0.25) is 18.8 Å². The van der Waals surface area contributed by atoms with Crippen molar-refractivity contribution in [2.24, 2.45) is 14.1 Å². The Bertz CT molecular complexity index is 1190. The summed E-state index contributed by atoms with van der Waals surface area (Å²) in [5.41, 5.74) is 4.35. The number of hydrogen-bond acceptors (Lipinski definition) is 4. The Hall–Kier alpha value is -2.64. The van der Waals surface area contributed by atoms with E-state index >= 15 is 0 Å². The van der Waals surface area contributed by atoms with Crippen molar-refractivity contribution < 1.29 is 4.79 Å². The van der Waals surface area contributed by atoms with Gasteiger partial charge in [-0.25, -0.2) is 4.79 Å². The standard InChI is InChI=1S/C20H17N3O2S2/c1-12-4-7-14(8-5-12)23-18(24)17(27-20(23)26)11-13-6-9-15-16(10-13)22(3)19(25)21(15)2/h4-11H,1-3H3/b17-11-. The predicted octanol–water partition coefficient (Wildman–Crippen LogP) is 3.59. The predicted molar refractivity (Wildman–Crippen MR) is 115 cm³/mol. The van der Waals surface area contributed by atoms with Gasteiger partial charge in [-0.1, -0.05) is 47.7 Å². The summed E-state index contributed by atoms with van der Waals surface area (Å²) in [7, 11) is 3.49. The number of anilines is 1. The minimum Gasteiger partial charge on any atom is -0.295 e. The Balaban J connectivity index is 1.72. The van der Waals surface area contributed by atoms with Crippen molar-refractivity contribution in [2.45, 2.75) is 6.92 Å². The number of thioether (sulfide) groups is 1. The maximum Gasteiger partial charge on any atom is 0.328 e. The molecule has 1 amide bonds. The zero-order chi connectivity index (χ0) is 19.3. The van der Waals surface area contributed by atoms with E-state index in [-0.39, 0.29) is 11.6 Å². The third-order valence-electron chi connectivity index (χ3n) is 4.68. The molecule has 3 aromatic rings. The number of aryl methyl sites for hydroxylation is 3. The minimum absolute atomic E-state index is 0.0761. The van der Waals surface area contributed by atoms with Crippen LogP contribution in [0.15, 0.2) is 52.2 Å². The van der Waals surface area contributed by atoms with E-state index in [4.69, 9.17) is 12.2 Å². The number of benzene rings is 2. The summed E-state index contributed by atoms with van der Waals surface area (Å²) >= 11 is 6.71. The average molecular weight is 396 g/mol. The molecule has 0 aliphatic carbocycles. The quantitative estimate of drug-likeness (QED) is 0.491. The van der Waals surface area contributed by atoms with Gasteiger partial charge in [-0.05, 0) is 42.8 Å². The maximum absolute atomic E-state index is 12.9. The van der Waals surface area contributed by atoms with E-state index in [2.05, 4.69) is 0 Å². The van der Waals surface area contributed by atoms with E-state index in [0.717, 1.165) is 27.8 Å². The minimum atomic E-state index is -0.129. The van der Waals surface area contributed by atoms with Crippen LogP contribution in [0.3, 0.4) is 0 Å². The number of fused-ring (bicyclic) bond motifs is 1. The fourth-order valence-electron chi connectivity index (χ4n) is 3.15. The molecule has 0 radical (unpaired) electrons. The highest BCUT2D eigenvalue weighted by Gasteiger charge is 2.33. The van der Waals surface area contributed by atoms with Crippen LogP contribution in [0.25, 0.3) is 17.1 Å². The van der Waals surface area contributed by atoms with Crippen LogP contribution in [-0.2, 0) is 18.9 Å². The third-order valence-corrected chi connectivity index (χ3v) is 5.98. The van der Waals surface area contributed by atoms with Gasteiger partial charge in [0.05, 0.1) is 21.6 Å². The van der Waals surface area contributed by atoms with Crippen LogP contribution in [-0.4, -0.2) is 19.4 Å². The molecule has 1 fully saturated rings. The normalized spacial score (nSPS) is 16.1. The number of rotatable bonds is 2. The fourth-order valence-corrected chi connectivity index (χ4v) is 4.45. The van der Waals surface area contributed by atoms with Crippen molar-refractivity contribution >= 4 is 57.0 Å². The first kappa shape index (κ1) is 17.8. The van der Waals surface area contributed by atoms with Crippen LogP contribution < -0.4 is 10.6 Å². The van der Waals surface area contributed by atoms with Gasteiger partial charge in [-0.2, -0.15) is 0 Å². The Morgan fingerprint density at radius 3 is 2.33 bits per heavy atom. The van der Waals surface area contributed by atoms with E-state index in [0.29, 0.717) is 9.23 Å². The van der Waals surface area contributed by atoms with Crippen molar-refractivity contribution in [3.8, 4) is 0 Å². The number of thiocarbonyl (C=S) groups is 1. The lowest BCUT2D eigenvalue weighted by Gasteiger charge is -2.14. The van der Waals surface area contributed by atoms with Gasteiger partial charge in [0.25, 0.3) is 5.91 Å². The monoisotopic (exact) mass is 395 g/mol. The molecule has 0 atom stereocenters. The number of amides is 1. The maximum atomic E-state index is 12.9. The van der Waals surface area contributed by atoms with Crippen molar-refractivity contribution in [3.05, 3.63) is 69.0 Å². The van der Waals surface area contributed by atoms with Gasteiger partial charge < -0.3 is 0 Å². The molecule has 0 spiro atoms. The van der Waals surface area contributed by atoms with Crippen molar-refractivity contribution in [1.82, 2.24) is 9.13 Å². The number of aromatic nitrogens is 2. The average Bonchev–Trinajstić information content (AvgIpc) is 3.04. The van der Waals surface area contributed by atoms with E-state index in [9.17, 15) is 9.59 Å². The molecule has 1 aliphatic heterocycles. The summed E-state index contributed by atoms with van der Waals surface area (Å²) in [5, 5.41) is 0. The molecule has 0 unspecified atom stereocenters. The molecule has 2 aromatic carbocycles. The lowest BCUT2D eigenvalue weighted by atomic mass is 10.1. The molecule has 1 aliphatic rings. The van der Waals surface area contributed by atoms with E-state index < -0.39 is 0 Å². The molecule has 4 rings (SSSR count). The molecule has 5 nitrogen and oxygen atoms in total. The Morgan fingerprint density at radius 2 is 1.63 bits per heavy atom. The van der Waals surface area contributed by atoms with Gasteiger partial charge in [-0.15, -0.1) is 0 Å². The summed E-state index contributed by atoms with van der Waals surface area (Å²) in [5.74, 6) is -0.129. The van der Waals surface area contributed by atoms with Crippen molar-refractivity contribution in [2.75, 3.05) is 4.90 Å². The number of hydrogen-bond donors (Lipinski definition) is 0. The van der Waals surface area contributed by atoms with Gasteiger partial charge >= 0.3 is 5.69 Å². The number of carbonyl (C=O) groups excluding carboxylic acids is 1. The van der Waals surface area contributed by atoms with Crippen LogP contribution in [0.4, 0.5) is 5.69 Å². The molecule has 1 aromatic heterocycles. The van der Waals surface area contributed by atoms with Gasteiger partial charge in [0.1, 0.15) is 0 Å². The zero-order valence-electron chi connectivity index (χ0n) is 15.1. The van der Waals surface area contributed by atoms with Crippen LogP contribution in [0.2, 0.25) is 0 Å².